The monoisotopic (exact) mass is 404 g/mol. The molecule has 3 rings (SSSR count). The van der Waals surface area contributed by atoms with Crippen molar-refractivity contribution < 1.29 is 17.6 Å². The van der Waals surface area contributed by atoms with Gasteiger partial charge in [-0.05, 0) is 24.5 Å². The fraction of sp³-hybridized carbons (Fsp3) is 0.381. The average Bonchev–Trinajstić information content (AvgIpc) is 2.70. The van der Waals surface area contributed by atoms with E-state index in [1.807, 2.05) is 30.3 Å². The van der Waals surface area contributed by atoms with E-state index in [2.05, 4.69) is 0 Å². The molecule has 0 aliphatic carbocycles. The van der Waals surface area contributed by atoms with Gasteiger partial charge < -0.3 is 4.90 Å². The van der Waals surface area contributed by atoms with Gasteiger partial charge >= 0.3 is 0 Å². The van der Waals surface area contributed by atoms with E-state index in [1.54, 1.807) is 18.0 Å². The Morgan fingerprint density at radius 2 is 1.68 bits per heavy atom. The Bertz CT molecular complexity index is 910. The summed E-state index contributed by atoms with van der Waals surface area (Å²) in [5.41, 5.74) is 1.23. The minimum atomic E-state index is -3.61. The number of hydrogen-bond donors (Lipinski definition) is 0. The SMILES string of the molecule is CN(Cc1ccccc1)C(=O)C1CCN(S(=O)(=O)Cc2ccccc2F)CC1. The third kappa shape index (κ3) is 4.97. The van der Waals surface area contributed by atoms with Crippen molar-refractivity contribution in [2.24, 2.45) is 5.92 Å². The van der Waals surface area contributed by atoms with E-state index in [0.717, 1.165) is 5.56 Å². The fourth-order valence-electron chi connectivity index (χ4n) is 3.53. The van der Waals surface area contributed by atoms with Crippen molar-refractivity contribution in [2.75, 3.05) is 20.1 Å². The van der Waals surface area contributed by atoms with E-state index in [1.165, 1.54) is 22.5 Å². The number of piperidine rings is 1. The van der Waals surface area contributed by atoms with Gasteiger partial charge in [-0.3, -0.25) is 4.79 Å². The van der Waals surface area contributed by atoms with E-state index in [-0.39, 0.29) is 36.2 Å². The first-order valence-corrected chi connectivity index (χ1v) is 11.0. The van der Waals surface area contributed by atoms with Crippen molar-refractivity contribution in [1.29, 1.82) is 0 Å². The minimum Gasteiger partial charge on any atom is -0.341 e. The number of sulfonamides is 1. The smallest absolute Gasteiger partial charge is 0.225 e. The number of halogens is 1. The van der Waals surface area contributed by atoms with Crippen LogP contribution in [0.15, 0.2) is 54.6 Å². The molecule has 1 saturated heterocycles. The van der Waals surface area contributed by atoms with Gasteiger partial charge in [-0.2, -0.15) is 0 Å². The lowest BCUT2D eigenvalue weighted by Crippen LogP contribution is -2.43. The highest BCUT2D eigenvalue weighted by Gasteiger charge is 2.32. The number of nitrogens with zero attached hydrogens (tertiary/aromatic N) is 2. The van der Waals surface area contributed by atoms with Gasteiger partial charge in [0.15, 0.2) is 0 Å². The van der Waals surface area contributed by atoms with Crippen LogP contribution < -0.4 is 0 Å². The molecule has 0 aromatic heterocycles. The highest BCUT2D eigenvalue weighted by atomic mass is 32.2. The molecule has 0 N–H and O–H groups in total. The standard InChI is InChI=1S/C21H25FN2O3S/c1-23(15-17-7-3-2-4-8-17)21(25)18-11-13-24(14-12-18)28(26,27)16-19-9-5-6-10-20(19)22/h2-10,18H,11-16H2,1H3. The molecule has 1 aliphatic heterocycles. The van der Waals surface area contributed by atoms with Crippen LogP contribution in [0.1, 0.15) is 24.0 Å². The second-order valence-electron chi connectivity index (χ2n) is 7.20. The number of amides is 1. The Balaban J connectivity index is 1.56. The van der Waals surface area contributed by atoms with Crippen LogP contribution in [-0.4, -0.2) is 43.7 Å². The maximum Gasteiger partial charge on any atom is 0.225 e. The van der Waals surface area contributed by atoms with Gasteiger partial charge in [0.1, 0.15) is 5.82 Å². The third-order valence-electron chi connectivity index (χ3n) is 5.13. The highest BCUT2D eigenvalue weighted by molar-refractivity contribution is 7.88. The van der Waals surface area contributed by atoms with Crippen molar-refractivity contribution >= 4 is 15.9 Å². The lowest BCUT2D eigenvalue weighted by molar-refractivity contribution is -0.135. The Morgan fingerprint density at radius 1 is 1.07 bits per heavy atom. The second kappa shape index (κ2) is 8.84. The lowest BCUT2D eigenvalue weighted by Gasteiger charge is -2.32. The van der Waals surface area contributed by atoms with Crippen LogP contribution in [0.2, 0.25) is 0 Å². The van der Waals surface area contributed by atoms with Crippen LogP contribution in [0, 0.1) is 11.7 Å². The predicted octanol–water partition coefficient (Wildman–Crippen LogP) is 3.03. The maximum absolute atomic E-state index is 13.8. The first-order chi connectivity index (χ1) is 13.4. The van der Waals surface area contributed by atoms with Gasteiger partial charge in [0.05, 0.1) is 5.75 Å². The number of carbonyl (C=O) groups is 1. The second-order valence-corrected chi connectivity index (χ2v) is 9.17. The van der Waals surface area contributed by atoms with Gasteiger partial charge in [0, 0.05) is 38.2 Å². The summed E-state index contributed by atoms with van der Waals surface area (Å²) < 4.78 is 40.4. The van der Waals surface area contributed by atoms with Crippen LogP contribution in [0.25, 0.3) is 0 Å². The Morgan fingerprint density at radius 3 is 2.32 bits per heavy atom. The lowest BCUT2D eigenvalue weighted by atomic mass is 9.96. The van der Waals surface area contributed by atoms with Crippen molar-refractivity contribution in [1.82, 2.24) is 9.21 Å². The van der Waals surface area contributed by atoms with Gasteiger partial charge in [-0.15, -0.1) is 0 Å². The summed E-state index contributed by atoms with van der Waals surface area (Å²) in [6.45, 7) is 1.10. The normalized spacial score (nSPS) is 16.1. The van der Waals surface area contributed by atoms with Crippen molar-refractivity contribution in [3.05, 3.63) is 71.5 Å². The molecule has 5 nitrogen and oxygen atoms in total. The molecule has 0 radical (unpaired) electrons. The topological polar surface area (TPSA) is 57.7 Å². The molecule has 0 bridgehead atoms. The van der Waals surface area contributed by atoms with E-state index in [0.29, 0.717) is 19.4 Å². The van der Waals surface area contributed by atoms with Gasteiger partial charge in [0.2, 0.25) is 15.9 Å². The number of carbonyl (C=O) groups excluding carboxylic acids is 1. The fourth-order valence-corrected chi connectivity index (χ4v) is 5.11. The first-order valence-electron chi connectivity index (χ1n) is 9.37. The average molecular weight is 405 g/mol. The molecule has 2 aromatic carbocycles. The summed E-state index contributed by atoms with van der Waals surface area (Å²) in [5.74, 6) is -1.02. The summed E-state index contributed by atoms with van der Waals surface area (Å²) >= 11 is 0. The molecule has 0 spiro atoms. The van der Waals surface area contributed by atoms with Gasteiger partial charge in [0.25, 0.3) is 0 Å². The Hall–Kier alpha value is -2.25. The zero-order valence-electron chi connectivity index (χ0n) is 15.9. The summed E-state index contributed by atoms with van der Waals surface area (Å²) in [5, 5.41) is 0. The molecule has 7 heteroatoms. The van der Waals surface area contributed by atoms with Crippen LogP contribution in [0.3, 0.4) is 0 Å². The van der Waals surface area contributed by atoms with Crippen molar-refractivity contribution in [3.8, 4) is 0 Å². The van der Waals surface area contributed by atoms with Crippen LogP contribution >= 0.6 is 0 Å². The van der Waals surface area contributed by atoms with Gasteiger partial charge in [-0.1, -0.05) is 48.5 Å². The molecule has 1 aliphatic rings. The van der Waals surface area contributed by atoms with Crippen LogP contribution in [0.4, 0.5) is 4.39 Å². The molecule has 1 fully saturated rings. The molecule has 0 saturated carbocycles. The van der Waals surface area contributed by atoms with Crippen LogP contribution in [-0.2, 0) is 27.1 Å². The van der Waals surface area contributed by atoms with E-state index in [9.17, 15) is 17.6 Å². The molecular formula is C21H25FN2O3S. The third-order valence-corrected chi connectivity index (χ3v) is 6.96. The molecule has 150 valence electrons. The molecule has 28 heavy (non-hydrogen) atoms. The van der Waals surface area contributed by atoms with E-state index in [4.69, 9.17) is 0 Å². The molecule has 1 amide bonds. The zero-order chi connectivity index (χ0) is 20.1. The van der Waals surface area contributed by atoms with E-state index < -0.39 is 15.8 Å². The number of hydrogen-bond acceptors (Lipinski definition) is 3. The molecule has 1 heterocycles. The summed E-state index contributed by atoms with van der Waals surface area (Å²) in [7, 11) is -1.83. The molecule has 2 aromatic rings. The first kappa shape index (κ1) is 20.5. The predicted molar refractivity (Wildman–Crippen MR) is 106 cm³/mol. The van der Waals surface area contributed by atoms with Crippen molar-refractivity contribution in [3.63, 3.8) is 0 Å². The Labute approximate surface area is 165 Å². The molecule has 0 unspecified atom stereocenters. The van der Waals surface area contributed by atoms with E-state index >= 15 is 0 Å². The number of benzene rings is 2. The molecular weight excluding hydrogens is 379 g/mol. The Kier molecular flexibility index (Phi) is 6.46. The van der Waals surface area contributed by atoms with Gasteiger partial charge in [-0.25, -0.2) is 17.1 Å². The quantitative estimate of drug-likeness (QED) is 0.744. The van der Waals surface area contributed by atoms with Crippen LogP contribution in [0.5, 0.6) is 0 Å². The summed E-state index contributed by atoms with van der Waals surface area (Å²) in [6, 6.07) is 15.7. The van der Waals surface area contributed by atoms with Crippen molar-refractivity contribution in [2.45, 2.75) is 25.1 Å². The largest absolute Gasteiger partial charge is 0.341 e. The highest BCUT2D eigenvalue weighted by Crippen LogP contribution is 2.24. The number of rotatable bonds is 6. The summed E-state index contributed by atoms with van der Waals surface area (Å²) in [6.07, 6.45) is 0.961. The zero-order valence-corrected chi connectivity index (χ0v) is 16.7. The molecule has 0 atom stereocenters. The summed E-state index contributed by atoms with van der Waals surface area (Å²) in [4.78, 5) is 14.4. The minimum absolute atomic E-state index is 0.0370. The maximum atomic E-state index is 13.8.